The third-order valence-electron chi connectivity index (χ3n) is 5.58. The minimum Gasteiger partial charge on any atom is -0.483 e. The Morgan fingerprint density at radius 1 is 1.06 bits per heavy atom. The summed E-state index contributed by atoms with van der Waals surface area (Å²) in [4.78, 5) is 62.7. The Labute approximate surface area is 196 Å². The Balaban J connectivity index is 1.41. The van der Waals surface area contributed by atoms with Gasteiger partial charge in [-0.2, -0.15) is 0 Å². The largest absolute Gasteiger partial charge is 0.483 e. The van der Waals surface area contributed by atoms with E-state index in [1.165, 1.54) is 18.2 Å². The molecule has 2 aliphatic heterocycles. The van der Waals surface area contributed by atoms with Gasteiger partial charge in [0, 0.05) is 19.5 Å². The maximum atomic E-state index is 13.0. The zero-order valence-corrected chi connectivity index (χ0v) is 18.1. The number of carbonyl (C=O) groups is 5. The lowest BCUT2D eigenvalue weighted by atomic mass is 10.0. The van der Waals surface area contributed by atoms with E-state index in [1.54, 1.807) is 0 Å². The van der Waals surface area contributed by atoms with Gasteiger partial charge in [-0.25, -0.2) is 0 Å². The maximum absolute atomic E-state index is 13.0. The maximum Gasteiger partial charge on any atom is 0.266 e. The molecule has 4 rings (SSSR count). The van der Waals surface area contributed by atoms with Crippen molar-refractivity contribution in [3.63, 3.8) is 0 Å². The van der Waals surface area contributed by atoms with E-state index in [4.69, 9.17) is 12.7 Å². The SMILES string of the molecule is [B]NCc1cccc(CNC(=O)COc2cccc3c2C(=O)N(C2CCC(=O)NC2=O)C3=O)c1. The van der Waals surface area contributed by atoms with Crippen LogP contribution in [-0.4, -0.2) is 55.1 Å². The number of ether oxygens (including phenoxy) is 1. The quantitative estimate of drug-likeness (QED) is 0.372. The Hall–Kier alpha value is -3.99. The summed E-state index contributed by atoms with van der Waals surface area (Å²) in [5.41, 5.74) is 1.92. The first-order valence-electron chi connectivity index (χ1n) is 10.6. The number of hydrogen-bond acceptors (Lipinski definition) is 7. The highest BCUT2D eigenvalue weighted by atomic mass is 16.5. The number of carbonyl (C=O) groups excluding carboxylic acids is 5. The lowest BCUT2D eigenvalue weighted by Gasteiger charge is -2.27. The molecule has 34 heavy (non-hydrogen) atoms. The van der Waals surface area contributed by atoms with Crippen molar-refractivity contribution in [2.45, 2.75) is 32.0 Å². The van der Waals surface area contributed by atoms with Gasteiger partial charge in [0.2, 0.25) is 11.8 Å². The molecule has 2 radical (unpaired) electrons. The van der Waals surface area contributed by atoms with Crippen LogP contribution in [0.15, 0.2) is 42.5 Å². The lowest BCUT2D eigenvalue weighted by molar-refractivity contribution is -0.136. The standard InChI is InChI=1S/C23H21BN4O6/c24-26-11-14-4-1-3-13(9-14)10-25-19(30)12-34-17-6-2-5-15-20(17)23(33)28(22(15)32)16-7-8-18(29)27-21(16)31/h1-6,9,16,26H,7-8,10-12H2,(H,25,30)(H,27,29,31). The molecule has 11 heteroatoms. The molecule has 1 fully saturated rings. The van der Waals surface area contributed by atoms with Gasteiger partial charge in [0.25, 0.3) is 17.7 Å². The van der Waals surface area contributed by atoms with Crippen LogP contribution in [0.2, 0.25) is 0 Å². The molecular weight excluding hydrogens is 439 g/mol. The van der Waals surface area contributed by atoms with Crippen molar-refractivity contribution in [2.24, 2.45) is 0 Å². The second-order valence-electron chi connectivity index (χ2n) is 7.89. The second-order valence-corrected chi connectivity index (χ2v) is 7.89. The molecule has 1 atom stereocenters. The van der Waals surface area contributed by atoms with Crippen molar-refractivity contribution >= 4 is 37.5 Å². The summed E-state index contributed by atoms with van der Waals surface area (Å²) in [6.07, 6.45) is 0.0796. The monoisotopic (exact) mass is 460 g/mol. The number of imide groups is 2. The number of nitrogens with zero attached hydrogens (tertiary/aromatic N) is 1. The number of piperidine rings is 1. The number of amides is 5. The van der Waals surface area contributed by atoms with Crippen LogP contribution >= 0.6 is 0 Å². The van der Waals surface area contributed by atoms with Crippen molar-refractivity contribution in [3.05, 3.63) is 64.7 Å². The molecule has 0 bridgehead atoms. The first kappa shape index (κ1) is 23.2. The van der Waals surface area contributed by atoms with Crippen molar-refractivity contribution < 1.29 is 28.7 Å². The van der Waals surface area contributed by atoms with Crippen LogP contribution in [0, 0.1) is 0 Å². The predicted molar refractivity (Wildman–Crippen MR) is 119 cm³/mol. The van der Waals surface area contributed by atoms with Crippen molar-refractivity contribution in [1.29, 1.82) is 0 Å². The number of rotatable bonds is 8. The summed E-state index contributed by atoms with van der Waals surface area (Å²) in [7, 11) is 5.33. The summed E-state index contributed by atoms with van der Waals surface area (Å²) in [6, 6.07) is 10.9. The van der Waals surface area contributed by atoms with Gasteiger partial charge in [0.1, 0.15) is 11.8 Å². The fourth-order valence-electron chi connectivity index (χ4n) is 3.97. The van der Waals surface area contributed by atoms with Gasteiger partial charge in [-0.1, -0.05) is 30.3 Å². The zero-order chi connectivity index (χ0) is 24.2. The second kappa shape index (κ2) is 9.88. The van der Waals surface area contributed by atoms with Gasteiger partial charge in [-0.15, -0.1) is 0 Å². The normalized spacial score (nSPS) is 17.4. The first-order chi connectivity index (χ1) is 16.4. The molecule has 10 nitrogen and oxygen atoms in total. The van der Waals surface area contributed by atoms with Crippen LogP contribution in [0.25, 0.3) is 0 Å². The third kappa shape index (κ3) is 4.69. The predicted octanol–water partition coefficient (Wildman–Crippen LogP) is -0.0439. The molecule has 0 spiro atoms. The Morgan fingerprint density at radius 2 is 1.79 bits per heavy atom. The van der Waals surface area contributed by atoms with E-state index >= 15 is 0 Å². The zero-order valence-electron chi connectivity index (χ0n) is 18.1. The summed E-state index contributed by atoms with van der Waals surface area (Å²) in [6.45, 7) is 0.390. The van der Waals surface area contributed by atoms with Gasteiger partial charge < -0.3 is 15.3 Å². The van der Waals surface area contributed by atoms with Crippen LogP contribution in [-0.2, 0) is 27.5 Å². The molecule has 1 saturated heterocycles. The van der Waals surface area contributed by atoms with Gasteiger partial charge in [0.15, 0.2) is 14.6 Å². The molecule has 0 aromatic heterocycles. The van der Waals surface area contributed by atoms with Gasteiger partial charge in [0.05, 0.1) is 11.1 Å². The molecular formula is C23H21BN4O6. The summed E-state index contributed by atoms with van der Waals surface area (Å²) in [5, 5.41) is 7.45. The van der Waals surface area contributed by atoms with E-state index in [1.807, 2.05) is 24.3 Å². The van der Waals surface area contributed by atoms with Crippen molar-refractivity contribution in [3.8, 4) is 5.75 Å². The number of fused-ring (bicyclic) bond motifs is 1. The molecule has 0 saturated carbocycles. The highest BCUT2D eigenvalue weighted by Crippen LogP contribution is 2.33. The van der Waals surface area contributed by atoms with Gasteiger partial charge >= 0.3 is 0 Å². The molecule has 2 aromatic rings. The van der Waals surface area contributed by atoms with Gasteiger partial charge in [-0.05, 0) is 29.7 Å². The lowest BCUT2D eigenvalue weighted by Crippen LogP contribution is -2.54. The smallest absolute Gasteiger partial charge is 0.266 e. The van der Waals surface area contributed by atoms with Crippen molar-refractivity contribution in [2.75, 3.05) is 6.61 Å². The minimum absolute atomic E-state index is 0.00742. The molecule has 2 heterocycles. The first-order valence-corrected chi connectivity index (χ1v) is 10.6. The number of benzene rings is 2. The Bertz CT molecular complexity index is 1180. The molecule has 2 aliphatic rings. The fourth-order valence-corrected chi connectivity index (χ4v) is 3.97. The van der Waals surface area contributed by atoms with Gasteiger partial charge in [-0.3, -0.25) is 34.2 Å². The average Bonchev–Trinajstić information content (AvgIpc) is 3.07. The van der Waals surface area contributed by atoms with E-state index in [0.29, 0.717) is 6.54 Å². The van der Waals surface area contributed by atoms with Crippen LogP contribution in [0.1, 0.15) is 44.7 Å². The molecule has 1 unspecified atom stereocenters. The molecule has 5 amide bonds. The highest BCUT2D eigenvalue weighted by Gasteiger charge is 2.46. The Morgan fingerprint density at radius 3 is 2.53 bits per heavy atom. The average molecular weight is 460 g/mol. The van der Waals surface area contributed by atoms with E-state index in [2.05, 4.69) is 15.9 Å². The van der Waals surface area contributed by atoms with Crippen LogP contribution in [0.5, 0.6) is 5.75 Å². The van der Waals surface area contributed by atoms with Crippen molar-refractivity contribution in [1.82, 2.24) is 20.8 Å². The highest BCUT2D eigenvalue weighted by molar-refractivity contribution is 6.24. The Kier molecular flexibility index (Phi) is 6.73. The third-order valence-corrected chi connectivity index (χ3v) is 5.58. The topological polar surface area (TPSA) is 134 Å². The summed E-state index contributed by atoms with van der Waals surface area (Å²) >= 11 is 0. The molecule has 172 valence electrons. The summed E-state index contributed by atoms with van der Waals surface area (Å²) < 4.78 is 5.57. The van der Waals surface area contributed by atoms with E-state index in [0.717, 1.165) is 16.0 Å². The number of nitrogens with one attached hydrogen (secondary N) is 3. The molecule has 2 aromatic carbocycles. The van der Waals surface area contributed by atoms with Crippen LogP contribution < -0.4 is 20.6 Å². The van der Waals surface area contributed by atoms with E-state index in [-0.39, 0.29) is 42.9 Å². The molecule has 3 N–H and O–H groups in total. The minimum atomic E-state index is -1.08. The van der Waals surface area contributed by atoms with E-state index < -0.39 is 35.6 Å². The molecule has 0 aliphatic carbocycles. The fraction of sp³-hybridized carbons (Fsp3) is 0.261. The van der Waals surface area contributed by atoms with Crippen LogP contribution in [0.3, 0.4) is 0 Å². The van der Waals surface area contributed by atoms with E-state index in [9.17, 15) is 24.0 Å². The van der Waals surface area contributed by atoms with Crippen LogP contribution in [0.4, 0.5) is 0 Å². The number of hydrogen-bond donors (Lipinski definition) is 3. The summed E-state index contributed by atoms with van der Waals surface area (Å²) in [5.74, 6) is -2.84.